The van der Waals surface area contributed by atoms with Gasteiger partial charge in [-0.3, -0.25) is 4.79 Å². The Balaban J connectivity index is 1.47. The van der Waals surface area contributed by atoms with E-state index in [2.05, 4.69) is 4.98 Å². The largest absolute Gasteiger partial charge is 0.488 e. The number of ether oxygens (including phenoxy) is 2. The highest BCUT2D eigenvalue weighted by atomic mass is 16.5. The highest BCUT2D eigenvalue weighted by Crippen LogP contribution is 2.28. The second-order valence-corrected chi connectivity index (χ2v) is 6.80. The lowest BCUT2D eigenvalue weighted by Gasteiger charge is -2.11. The molecule has 0 radical (unpaired) electrons. The summed E-state index contributed by atoms with van der Waals surface area (Å²) in [6.45, 7) is 0.869. The van der Waals surface area contributed by atoms with Gasteiger partial charge in [-0.05, 0) is 34.9 Å². The van der Waals surface area contributed by atoms with E-state index in [-0.39, 0.29) is 0 Å². The molecule has 148 valence electrons. The Labute approximate surface area is 175 Å². The lowest BCUT2D eigenvalue weighted by Crippen LogP contribution is -1.99. The summed E-state index contributed by atoms with van der Waals surface area (Å²) < 4.78 is 11.7. The molecule has 0 amide bonds. The molecule has 4 nitrogen and oxygen atoms in total. The normalized spacial score (nSPS) is 10.4. The smallest absolute Gasteiger partial charge is 0.213 e. The summed E-state index contributed by atoms with van der Waals surface area (Å²) in [4.78, 5) is 15.8. The van der Waals surface area contributed by atoms with Gasteiger partial charge in [-0.1, -0.05) is 66.7 Å². The summed E-state index contributed by atoms with van der Waals surface area (Å²) in [5, 5.41) is 0. The molecule has 0 unspecified atom stereocenters. The summed E-state index contributed by atoms with van der Waals surface area (Å²) in [6.07, 6.45) is 2.57. The van der Waals surface area contributed by atoms with Gasteiger partial charge >= 0.3 is 0 Å². The van der Waals surface area contributed by atoms with E-state index in [9.17, 15) is 4.79 Å². The van der Waals surface area contributed by atoms with Crippen LogP contribution in [0.25, 0.3) is 11.1 Å². The van der Waals surface area contributed by atoms with Crippen molar-refractivity contribution in [2.75, 3.05) is 0 Å². The van der Waals surface area contributed by atoms with Crippen LogP contribution in [0.1, 0.15) is 21.5 Å². The predicted molar refractivity (Wildman–Crippen MR) is 117 cm³/mol. The third-order valence-electron chi connectivity index (χ3n) is 4.68. The summed E-state index contributed by atoms with van der Waals surface area (Å²) in [5.74, 6) is 1.11. The third-order valence-corrected chi connectivity index (χ3v) is 4.68. The van der Waals surface area contributed by atoms with Gasteiger partial charge in [0.15, 0.2) is 6.29 Å². The number of nitrogens with zero attached hydrogens (tertiary/aromatic N) is 1. The van der Waals surface area contributed by atoms with Crippen molar-refractivity contribution in [1.82, 2.24) is 4.98 Å². The van der Waals surface area contributed by atoms with Crippen molar-refractivity contribution in [2.45, 2.75) is 13.2 Å². The highest BCUT2D eigenvalue weighted by Gasteiger charge is 2.08. The molecular weight excluding hydrogens is 374 g/mol. The molecule has 0 bridgehead atoms. The maximum Gasteiger partial charge on any atom is 0.213 e. The lowest BCUT2D eigenvalue weighted by atomic mass is 10.0. The van der Waals surface area contributed by atoms with E-state index in [4.69, 9.17) is 9.47 Å². The fourth-order valence-corrected chi connectivity index (χ4v) is 3.04. The van der Waals surface area contributed by atoms with E-state index < -0.39 is 0 Å². The quantitative estimate of drug-likeness (QED) is 0.358. The van der Waals surface area contributed by atoms with Crippen LogP contribution in [0.5, 0.6) is 11.6 Å². The SMILES string of the molecule is O=Cc1ccc(-c2ccc(OCc3ccccc3)nc2)cc1OCc1ccccc1. The summed E-state index contributed by atoms with van der Waals surface area (Å²) in [5.41, 5.74) is 4.50. The molecule has 0 aliphatic carbocycles. The number of rotatable bonds is 8. The van der Waals surface area contributed by atoms with Gasteiger partial charge in [0.05, 0.1) is 5.56 Å². The Morgan fingerprint density at radius 2 is 1.33 bits per heavy atom. The highest BCUT2D eigenvalue weighted by molar-refractivity contribution is 5.81. The molecule has 0 N–H and O–H groups in total. The summed E-state index contributed by atoms with van der Waals surface area (Å²) in [6, 6.07) is 29.1. The van der Waals surface area contributed by atoms with Crippen LogP contribution in [0.15, 0.2) is 97.2 Å². The number of aromatic nitrogens is 1. The fraction of sp³-hybridized carbons (Fsp3) is 0.0769. The lowest BCUT2D eigenvalue weighted by molar-refractivity contribution is 0.111. The van der Waals surface area contributed by atoms with Gasteiger partial charge in [0.25, 0.3) is 0 Å². The molecule has 30 heavy (non-hydrogen) atoms. The van der Waals surface area contributed by atoms with Gasteiger partial charge in [-0.25, -0.2) is 4.98 Å². The zero-order valence-electron chi connectivity index (χ0n) is 16.4. The minimum atomic E-state index is 0.398. The molecular formula is C26H21NO3. The molecule has 1 heterocycles. The Kier molecular flexibility index (Phi) is 6.16. The first-order valence-electron chi connectivity index (χ1n) is 9.71. The zero-order valence-corrected chi connectivity index (χ0v) is 16.4. The number of carbonyl (C=O) groups is 1. The van der Waals surface area contributed by atoms with Gasteiger partial charge in [0.2, 0.25) is 5.88 Å². The van der Waals surface area contributed by atoms with Crippen molar-refractivity contribution in [3.63, 3.8) is 0 Å². The average Bonchev–Trinajstić information content (AvgIpc) is 2.83. The molecule has 4 heteroatoms. The van der Waals surface area contributed by atoms with Crippen LogP contribution in [0.4, 0.5) is 0 Å². The Morgan fingerprint density at radius 3 is 1.93 bits per heavy atom. The molecule has 4 aromatic rings. The Hall–Kier alpha value is -3.92. The second-order valence-electron chi connectivity index (χ2n) is 6.80. The number of carbonyl (C=O) groups excluding carboxylic acids is 1. The van der Waals surface area contributed by atoms with E-state index in [0.717, 1.165) is 28.5 Å². The van der Waals surface area contributed by atoms with E-state index in [1.54, 1.807) is 12.3 Å². The first-order valence-corrected chi connectivity index (χ1v) is 9.71. The Morgan fingerprint density at radius 1 is 0.700 bits per heavy atom. The first-order chi connectivity index (χ1) is 14.8. The molecule has 1 aromatic heterocycles. The van der Waals surface area contributed by atoms with Gasteiger partial charge in [-0.15, -0.1) is 0 Å². The van der Waals surface area contributed by atoms with Crippen molar-refractivity contribution >= 4 is 6.29 Å². The van der Waals surface area contributed by atoms with Crippen LogP contribution in [0.3, 0.4) is 0 Å². The molecule has 0 spiro atoms. The van der Waals surface area contributed by atoms with Crippen LogP contribution in [0.2, 0.25) is 0 Å². The third kappa shape index (κ3) is 4.92. The molecule has 0 saturated carbocycles. The van der Waals surface area contributed by atoms with E-state index in [0.29, 0.717) is 30.4 Å². The maximum atomic E-state index is 11.4. The maximum absolute atomic E-state index is 11.4. The number of benzene rings is 3. The monoisotopic (exact) mass is 395 g/mol. The molecule has 4 rings (SSSR count). The van der Waals surface area contributed by atoms with E-state index in [1.807, 2.05) is 84.9 Å². The van der Waals surface area contributed by atoms with Gasteiger partial charge in [0, 0.05) is 17.8 Å². The second kappa shape index (κ2) is 9.52. The van der Waals surface area contributed by atoms with Crippen molar-refractivity contribution in [1.29, 1.82) is 0 Å². The minimum Gasteiger partial charge on any atom is -0.488 e. The van der Waals surface area contributed by atoms with Crippen LogP contribution < -0.4 is 9.47 Å². The molecule has 0 aliphatic rings. The molecule has 3 aromatic carbocycles. The summed E-state index contributed by atoms with van der Waals surface area (Å²) >= 11 is 0. The standard InChI is InChI=1S/C26H21NO3/c28-17-24-12-11-22(15-25(24)29-18-20-7-3-1-4-8-20)23-13-14-26(27-16-23)30-19-21-9-5-2-6-10-21/h1-17H,18-19H2. The van der Waals surface area contributed by atoms with Crippen molar-refractivity contribution in [3.8, 4) is 22.8 Å². The fourth-order valence-electron chi connectivity index (χ4n) is 3.04. The average molecular weight is 395 g/mol. The molecule has 0 fully saturated rings. The van der Waals surface area contributed by atoms with E-state index >= 15 is 0 Å². The van der Waals surface area contributed by atoms with Crippen molar-refractivity contribution < 1.29 is 14.3 Å². The summed E-state index contributed by atoms with van der Waals surface area (Å²) in [7, 11) is 0. The van der Waals surface area contributed by atoms with Gasteiger partial charge in [-0.2, -0.15) is 0 Å². The van der Waals surface area contributed by atoms with Crippen LogP contribution in [-0.2, 0) is 13.2 Å². The molecule has 0 aliphatic heterocycles. The van der Waals surface area contributed by atoms with Crippen LogP contribution in [0, 0.1) is 0 Å². The molecule has 0 saturated heterocycles. The van der Waals surface area contributed by atoms with Gasteiger partial charge < -0.3 is 9.47 Å². The first kappa shape index (κ1) is 19.4. The van der Waals surface area contributed by atoms with Crippen LogP contribution >= 0.6 is 0 Å². The van der Waals surface area contributed by atoms with Crippen LogP contribution in [-0.4, -0.2) is 11.3 Å². The van der Waals surface area contributed by atoms with Gasteiger partial charge in [0.1, 0.15) is 19.0 Å². The predicted octanol–water partition coefficient (Wildman–Crippen LogP) is 5.72. The van der Waals surface area contributed by atoms with Crippen molar-refractivity contribution in [2.24, 2.45) is 0 Å². The Bertz CT molecular complexity index is 1090. The number of hydrogen-bond donors (Lipinski definition) is 0. The molecule has 0 atom stereocenters. The van der Waals surface area contributed by atoms with Crippen molar-refractivity contribution in [3.05, 3.63) is 114 Å². The van der Waals surface area contributed by atoms with E-state index in [1.165, 1.54) is 0 Å². The zero-order chi connectivity index (χ0) is 20.6. The number of aldehydes is 1. The number of hydrogen-bond acceptors (Lipinski definition) is 4. The minimum absolute atomic E-state index is 0.398. The number of pyridine rings is 1. The topological polar surface area (TPSA) is 48.4 Å².